The van der Waals surface area contributed by atoms with Crippen molar-refractivity contribution in [2.24, 2.45) is 0 Å². The van der Waals surface area contributed by atoms with E-state index in [2.05, 4.69) is 10.3 Å². The van der Waals surface area contributed by atoms with Gasteiger partial charge in [-0.05, 0) is 24.3 Å². The highest BCUT2D eigenvalue weighted by atomic mass is 16.1. The number of benzene rings is 1. The number of nitrogens with zero attached hydrogens (tertiary/aromatic N) is 2. The second-order valence-corrected chi connectivity index (χ2v) is 4.10. The summed E-state index contributed by atoms with van der Waals surface area (Å²) in [5.74, 6) is -0.120. The first-order valence-corrected chi connectivity index (χ1v) is 5.66. The Morgan fingerprint density at radius 3 is 2.44 bits per heavy atom. The summed E-state index contributed by atoms with van der Waals surface area (Å²) < 4.78 is 0. The van der Waals surface area contributed by atoms with Crippen molar-refractivity contribution < 1.29 is 4.79 Å². The van der Waals surface area contributed by atoms with Gasteiger partial charge in [0.1, 0.15) is 0 Å². The fourth-order valence-electron chi connectivity index (χ4n) is 1.69. The van der Waals surface area contributed by atoms with Crippen LogP contribution in [0.15, 0.2) is 48.8 Å². The number of hydrogen-bond acceptors (Lipinski definition) is 3. The third-order valence-corrected chi connectivity index (χ3v) is 2.57. The maximum Gasteiger partial charge on any atom is 0.257 e. The van der Waals surface area contributed by atoms with E-state index in [9.17, 15) is 4.79 Å². The number of carbonyl (C=O) groups excluding carboxylic acids is 1. The topological polar surface area (TPSA) is 45.2 Å². The quantitative estimate of drug-likeness (QED) is 0.897. The van der Waals surface area contributed by atoms with Crippen molar-refractivity contribution in [3.63, 3.8) is 0 Å². The van der Waals surface area contributed by atoms with Crippen LogP contribution in [0.4, 0.5) is 11.4 Å². The molecule has 0 fully saturated rings. The van der Waals surface area contributed by atoms with Crippen LogP contribution in [0, 0.1) is 0 Å². The van der Waals surface area contributed by atoms with Crippen LogP contribution in [-0.2, 0) is 0 Å². The number of carbonyl (C=O) groups is 1. The van der Waals surface area contributed by atoms with Gasteiger partial charge in [-0.15, -0.1) is 0 Å². The van der Waals surface area contributed by atoms with Crippen LogP contribution in [0.25, 0.3) is 0 Å². The predicted molar refractivity (Wildman–Crippen MR) is 73.0 cm³/mol. The van der Waals surface area contributed by atoms with Gasteiger partial charge in [-0.25, -0.2) is 0 Å². The molecule has 1 aromatic heterocycles. The van der Waals surface area contributed by atoms with E-state index < -0.39 is 0 Å². The molecule has 92 valence electrons. The van der Waals surface area contributed by atoms with Crippen LogP contribution in [-0.4, -0.2) is 25.0 Å². The number of anilines is 2. The van der Waals surface area contributed by atoms with Gasteiger partial charge < -0.3 is 10.2 Å². The van der Waals surface area contributed by atoms with Gasteiger partial charge in [-0.1, -0.05) is 12.1 Å². The van der Waals surface area contributed by atoms with Crippen LogP contribution in [0.3, 0.4) is 0 Å². The molecule has 0 atom stereocenters. The Labute approximate surface area is 106 Å². The molecular formula is C14H15N3O. The molecule has 0 radical (unpaired) electrons. The Morgan fingerprint density at radius 1 is 1.11 bits per heavy atom. The van der Waals surface area contributed by atoms with Crippen LogP contribution in [0.5, 0.6) is 0 Å². The van der Waals surface area contributed by atoms with Crippen molar-refractivity contribution in [1.29, 1.82) is 0 Å². The number of rotatable bonds is 3. The van der Waals surface area contributed by atoms with Crippen LogP contribution in [0.1, 0.15) is 10.4 Å². The van der Waals surface area contributed by atoms with E-state index in [4.69, 9.17) is 0 Å². The second kappa shape index (κ2) is 5.31. The highest BCUT2D eigenvalue weighted by Crippen LogP contribution is 2.19. The molecule has 0 saturated heterocycles. The molecule has 2 aromatic rings. The predicted octanol–water partition coefficient (Wildman–Crippen LogP) is 2.40. The maximum atomic E-state index is 12.2. The highest BCUT2D eigenvalue weighted by Gasteiger charge is 2.11. The summed E-state index contributed by atoms with van der Waals surface area (Å²) in [7, 11) is 3.83. The molecule has 18 heavy (non-hydrogen) atoms. The van der Waals surface area contributed by atoms with Crippen molar-refractivity contribution >= 4 is 17.3 Å². The lowest BCUT2D eigenvalue weighted by molar-refractivity contribution is 0.102. The molecule has 0 spiro atoms. The minimum Gasteiger partial charge on any atom is -0.377 e. The molecule has 1 N–H and O–H groups in total. The average molecular weight is 241 g/mol. The van der Waals surface area contributed by atoms with Gasteiger partial charge in [0.05, 0.1) is 5.56 Å². The first-order valence-electron chi connectivity index (χ1n) is 5.66. The van der Waals surface area contributed by atoms with Crippen molar-refractivity contribution in [2.75, 3.05) is 24.3 Å². The number of para-hydroxylation sites is 1. The minimum absolute atomic E-state index is 0.120. The van der Waals surface area contributed by atoms with E-state index in [0.717, 1.165) is 11.4 Å². The van der Waals surface area contributed by atoms with E-state index in [1.807, 2.05) is 43.3 Å². The van der Waals surface area contributed by atoms with Crippen LogP contribution in [0.2, 0.25) is 0 Å². The Bertz CT molecular complexity index is 538. The first-order chi connectivity index (χ1) is 8.68. The Hall–Kier alpha value is -2.36. The lowest BCUT2D eigenvalue weighted by Crippen LogP contribution is -2.18. The molecule has 1 aromatic carbocycles. The molecule has 4 heteroatoms. The highest BCUT2D eigenvalue weighted by molar-refractivity contribution is 6.08. The molecule has 2 rings (SSSR count). The molecule has 1 heterocycles. The summed E-state index contributed by atoms with van der Waals surface area (Å²) in [6.07, 6.45) is 3.29. The van der Waals surface area contributed by atoms with Crippen molar-refractivity contribution in [2.45, 2.75) is 0 Å². The average Bonchev–Trinajstić information content (AvgIpc) is 2.40. The zero-order valence-corrected chi connectivity index (χ0v) is 10.4. The van der Waals surface area contributed by atoms with Crippen molar-refractivity contribution in [3.8, 4) is 0 Å². The van der Waals surface area contributed by atoms with Crippen molar-refractivity contribution in [3.05, 3.63) is 54.4 Å². The lowest BCUT2D eigenvalue weighted by Gasteiger charge is -2.16. The Balaban J connectivity index is 2.24. The molecule has 0 aliphatic rings. The van der Waals surface area contributed by atoms with Gasteiger partial charge in [0, 0.05) is 37.9 Å². The smallest absolute Gasteiger partial charge is 0.257 e. The molecule has 4 nitrogen and oxygen atoms in total. The van der Waals surface area contributed by atoms with Crippen LogP contribution >= 0.6 is 0 Å². The van der Waals surface area contributed by atoms with Crippen molar-refractivity contribution in [1.82, 2.24) is 4.98 Å². The van der Waals surface area contributed by atoms with Crippen LogP contribution < -0.4 is 10.2 Å². The van der Waals surface area contributed by atoms with Gasteiger partial charge >= 0.3 is 0 Å². The SMILES string of the molecule is CN(C)c1ccccc1C(=O)Nc1ccncc1. The fourth-order valence-corrected chi connectivity index (χ4v) is 1.69. The zero-order valence-electron chi connectivity index (χ0n) is 10.4. The summed E-state index contributed by atoms with van der Waals surface area (Å²) >= 11 is 0. The third-order valence-electron chi connectivity index (χ3n) is 2.57. The Kier molecular flexibility index (Phi) is 3.57. The van der Waals surface area contributed by atoms with E-state index in [-0.39, 0.29) is 5.91 Å². The monoisotopic (exact) mass is 241 g/mol. The van der Waals surface area contributed by atoms with E-state index in [1.54, 1.807) is 24.5 Å². The first kappa shape index (κ1) is 12.1. The summed E-state index contributed by atoms with van der Waals surface area (Å²) in [4.78, 5) is 18.0. The summed E-state index contributed by atoms with van der Waals surface area (Å²) in [5, 5.41) is 2.85. The third kappa shape index (κ3) is 2.66. The molecular weight excluding hydrogens is 226 g/mol. The van der Waals surface area contributed by atoms with E-state index in [0.29, 0.717) is 5.56 Å². The summed E-state index contributed by atoms with van der Waals surface area (Å²) in [5.41, 5.74) is 2.28. The molecule has 1 amide bonds. The minimum atomic E-state index is -0.120. The number of pyridine rings is 1. The molecule has 0 aliphatic carbocycles. The maximum absolute atomic E-state index is 12.2. The van der Waals surface area contributed by atoms with E-state index in [1.165, 1.54) is 0 Å². The number of aromatic nitrogens is 1. The molecule has 0 saturated carbocycles. The molecule has 0 aliphatic heterocycles. The van der Waals surface area contributed by atoms with E-state index >= 15 is 0 Å². The number of nitrogens with one attached hydrogen (secondary N) is 1. The van der Waals surface area contributed by atoms with Gasteiger partial charge in [0.15, 0.2) is 0 Å². The van der Waals surface area contributed by atoms with Gasteiger partial charge in [-0.2, -0.15) is 0 Å². The molecule has 0 unspecified atom stereocenters. The number of hydrogen-bond donors (Lipinski definition) is 1. The lowest BCUT2D eigenvalue weighted by atomic mass is 10.1. The normalized spacial score (nSPS) is 9.89. The Morgan fingerprint density at radius 2 is 1.78 bits per heavy atom. The largest absolute Gasteiger partial charge is 0.377 e. The molecule has 0 bridgehead atoms. The fraction of sp³-hybridized carbons (Fsp3) is 0.143. The standard InChI is InChI=1S/C14H15N3O/c1-17(2)13-6-4-3-5-12(13)14(18)16-11-7-9-15-10-8-11/h3-10H,1-2H3,(H,15,16,18). The van der Waals surface area contributed by atoms with Gasteiger partial charge in [-0.3, -0.25) is 9.78 Å². The number of amides is 1. The van der Waals surface area contributed by atoms with Gasteiger partial charge in [0.2, 0.25) is 0 Å². The van der Waals surface area contributed by atoms with Gasteiger partial charge in [0.25, 0.3) is 5.91 Å². The summed E-state index contributed by atoms with van der Waals surface area (Å²) in [6, 6.07) is 11.0. The second-order valence-electron chi connectivity index (χ2n) is 4.10. The zero-order chi connectivity index (χ0) is 13.0. The summed E-state index contributed by atoms with van der Waals surface area (Å²) in [6.45, 7) is 0.